The molecule has 0 aromatic rings. The van der Waals surface area contributed by atoms with Crippen LogP contribution in [0.1, 0.15) is 38.5 Å². The average Bonchev–Trinajstić information content (AvgIpc) is 2.31. The third kappa shape index (κ3) is 3.27. The molecule has 4 fully saturated rings. The number of halogens is 2. The van der Waals surface area contributed by atoms with Crippen LogP contribution in [0.2, 0.25) is 0 Å². The van der Waals surface area contributed by atoms with Gasteiger partial charge in [0.1, 0.15) is 15.9 Å². The summed E-state index contributed by atoms with van der Waals surface area (Å²) in [6.07, 6.45) is 5.38. The standard InChI is InChI=1S/C14H20F2O5S/c15-14(16,8-22(18,19)20)7-21-12(17)13-4-9-1-10(5-13)3-11(2-9)6-13/h9-11H,1-8H2,(H,18,19,20)/p-1. The van der Waals surface area contributed by atoms with Crippen molar-refractivity contribution in [2.24, 2.45) is 23.2 Å². The van der Waals surface area contributed by atoms with E-state index in [9.17, 15) is 26.5 Å². The summed E-state index contributed by atoms with van der Waals surface area (Å²) < 4.78 is 62.8. The van der Waals surface area contributed by atoms with Crippen LogP contribution >= 0.6 is 0 Å². The van der Waals surface area contributed by atoms with Gasteiger partial charge in [0.25, 0.3) is 5.92 Å². The second kappa shape index (κ2) is 5.12. The number of rotatable bonds is 5. The van der Waals surface area contributed by atoms with E-state index in [4.69, 9.17) is 4.74 Å². The Morgan fingerprint density at radius 2 is 1.59 bits per heavy atom. The topological polar surface area (TPSA) is 83.5 Å². The highest BCUT2D eigenvalue weighted by Gasteiger charge is 2.55. The fourth-order valence-electron chi connectivity index (χ4n) is 4.99. The number of hydrogen-bond donors (Lipinski definition) is 0. The maximum absolute atomic E-state index is 13.4. The summed E-state index contributed by atoms with van der Waals surface area (Å²) in [7, 11) is -5.07. The Balaban J connectivity index is 1.63. The smallest absolute Gasteiger partial charge is 0.312 e. The summed E-state index contributed by atoms with van der Waals surface area (Å²) in [5.41, 5.74) is -0.666. The molecule has 0 heterocycles. The Bertz CT molecular complexity index is 536. The van der Waals surface area contributed by atoms with Gasteiger partial charge < -0.3 is 9.29 Å². The van der Waals surface area contributed by atoms with Gasteiger partial charge in [-0.25, -0.2) is 17.2 Å². The van der Waals surface area contributed by atoms with Crippen molar-refractivity contribution in [1.82, 2.24) is 0 Å². The highest BCUT2D eigenvalue weighted by molar-refractivity contribution is 7.85. The van der Waals surface area contributed by atoms with E-state index in [2.05, 4.69) is 0 Å². The van der Waals surface area contributed by atoms with E-state index >= 15 is 0 Å². The number of esters is 1. The first-order valence-electron chi connectivity index (χ1n) is 7.56. The van der Waals surface area contributed by atoms with Gasteiger partial charge >= 0.3 is 5.97 Å². The van der Waals surface area contributed by atoms with Crippen molar-refractivity contribution in [3.05, 3.63) is 0 Å². The first-order valence-corrected chi connectivity index (χ1v) is 9.13. The van der Waals surface area contributed by atoms with Crippen LogP contribution in [-0.2, 0) is 19.6 Å². The molecule has 0 spiro atoms. The lowest BCUT2D eigenvalue weighted by atomic mass is 9.49. The predicted molar refractivity (Wildman–Crippen MR) is 71.1 cm³/mol. The molecule has 5 nitrogen and oxygen atoms in total. The van der Waals surface area contributed by atoms with Crippen molar-refractivity contribution in [2.45, 2.75) is 44.4 Å². The second-order valence-electron chi connectivity index (χ2n) is 7.33. The summed E-state index contributed by atoms with van der Waals surface area (Å²) in [4.78, 5) is 12.3. The van der Waals surface area contributed by atoms with Crippen LogP contribution in [0, 0.1) is 23.2 Å². The molecular weight excluding hydrogens is 318 g/mol. The zero-order valence-electron chi connectivity index (χ0n) is 12.1. The summed E-state index contributed by atoms with van der Waals surface area (Å²) in [6, 6.07) is 0. The van der Waals surface area contributed by atoms with Crippen LogP contribution in [0.4, 0.5) is 8.78 Å². The molecule has 126 valence electrons. The van der Waals surface area contributed by atoms with Crippen LogP contribution in [0.5, 0.6) is 0 Å². The van der Waals surface area contributed by atoms with Crippen molar-refractivity contribution < 1.29 is 31.3 Å². The van der Waals surface area contributed by atoms with Crippen molar-refractivity contribution in [2.75, 3.05) is 12.4 Å². The molecule has 0 amide bonds. The number of hydrogen-bond acceptors (Lipinski definition) is 5. The SMILES string of the molecule is O=C(OCC(F)(F)CS(=O)(=O)[O-])C12CC3CC(CC(C3)C1)C2. The lowest BCUT2D eigenvalue weighted by Crippen LogP contribution is -2.51. The van der Waals surface area contributed by atoms with Gasteiger partial charge in [0.05, 0.1) is 5.41 Å². The van der Waals surface area contributed by atoms with Gasteiger partial charge in [-0.15, -0.1) is 0 Å². The third-order valence-electron chi connectivity index (χ3n) is 5.27. The first-order chi connectivity index (χ1) is 10.1. The fourth-order valence-corrected chi connectivity index (χ4v) is 5.59. The normalized spacial score (nSPS) is 37.3. The molecule has 4 aliphatic carbocycles. The summed E-state index contributed by atoms with van der Waals surface area (Å²) in [5, 5.41) is 0. The molecule has 0 aromatic heterocycles. The quantitative estimate of drug-likeness (QED) is 0.565. The van der Waals surface area contributed by atoms with Crippen molar-refractivity contribution in [3.8, 4) is 0 Å². The lowest BCUT2D eigenvalue weighted by Gasteiger charge is -2.55. The molecule has 0 radical (unpaired) electrons. The minimum Gasteiger partial charge on any atom is -0.748 e. The van der Waals surface area contributed by atoms with Gasteiger partial charge in [0.15, 0.2) is 6.61 Å². The maximum Gasteiger partial charge on any atom is 0.312 e. The van der Waals surface area contributed by atoms with Crippen LogP contribution in [0.3, 0.4) is 0 Å². The van der Waals surface area contributed by atoms with Crippen LogP contribution in [-0.4, -0.2) is 37.2 Å². The van der Waals surface area contributed by atoms with E-state index in [1.54, 1.807) is 0 Å². The average molecular weight is 337 g/mol. The minimum absolute atomic E-state index is 0.473. The molecule has 4 saturated carbocycles. The van der Waals surface area contributed by atoms with Crippen molar-refractivity contribution in [1.29, 1.82) is 0 Å². The Morgan fingerprint density at radius 1 is 1.14 bits per heavy atom. The van der Waals surface area contributed by atoms with E-state index in [0.29, 0.717) is 37.0 Å². The van der Waals surface area contributed by atoms with Crippen LogP contribution in [0.15, 0.2) is 0 Å². The zero-order valence-corrected chi connectivity index (χ0v) is 12.9. The fraction of sp³-hybridized carbons (Fsp3) is 0.929. The molecule has 4 rings (SSSR count). The number of carbonyl (C=O) groups is 1. The van der Waals surface area contributed by atoms with Crippen molar-refractivity contribution >= 4 is 16.1 Å². The Labute approximate surface area is 128 Å². The molecule has 0 N–H and O–H groups in total. The molecule has 0 unspecified atom stereocenters. The van der Waals surface area contributed by atoms with E-state index in [-0.39, 0.29) is 0 Å². The molecular formula is C14H19F2O5S-. The zero-order chi connectivity index (χ0) is 16.2. The monoisotopic (exact) mass is 337 g/mol. The van der Waals surface area contributed by atoms with Gasteiger partial charge in [-0.1, -0.05) is 0 Å². The van der Waals surface area contributed by atoms with Gasteiger partial charge in [0.2, 0.25) is 0 Å². The van der Waals surface area contributed by atoms with Gasteiger partial charge in [0, 0.05) is 0 Å². The summed E-state index contributed by atoms with van der Waals surface area (Å²) >= 11 is 0. The molecule has 8 heteroatoms. The molecule has 4 aliphatic rings. The highest BCUT2D eigenvalue weighted by Crippen LogP contribution is 2.60. The minimum atomic E-state index is -5.07. The third-order valence-corrected chi connectivity index (χ3v) is 6.05. The molecule has 0 aliphatic heterocycles. The van der Waals surface area contributed by atoms with E-state index in [1.165, 1.54) is 0 Å². The molecule has 22 heavy (non-hydrogen) atoms. The van der Waals surface area contributed by atoms with E-state index < -0.39 is 39.8 Å². The van der Waals surface area contributed by atoms with Gasteiger partial charge in [-0.2, -0.15) is 0 Å². The number of ether oxygens (including phenoxy) is 1. The largest absolute Gasteiger partial charge is 0.748 e. The van der Waals surface area contributed by atoms with Crippen LogP contribution in [0.25, 0.3) is 0 Å². The van der Waals surface area contributed by atoms with E-state index in [0.717, 1.165) is 19.3 Å². The first kappa shape index (κ1) is 16.1. The highest BCUT2D eigenvalue weighted by atomic mass is 32.2. The maximum atomic E-state index is 13.4. The van der Waals surface area contributed by atoms with Crippen LogP contribution < -0.4 is 0 Å². The molecule has 0 atom stereocenters. The van der Waals surface area contributed by atoms with E-state index in [1.807, 2.05) is 0 Å². The second-order valence-corrected chi connectivity index (χ2v) is 8.74. The summed E-state index contributed by atoms with van der Waals surface area (Å²) in [5.74, 6) is -4.90. The van der Waals surface area contributed by atoms with Crippen molar-refractivity contribution in [3.63, 3.8) is 0 Å². The number of carbonyl (C=O) groups excluding carboxylic acids is 1. The summed E-state index contributed by atoms with van der Waals surface area (Å²) in [6.45, 7) is -1.34. The van der Waals surface area contributed by atoms with Gasteiger partial charge in [-0.05, 0) is 56.3 Å². The molecule has 0 aromatic carbocycles. The Hall–Kier alpha value is -0.760. The Kier molecular flexibility index (Phi) is 3.75. The predicted octanol–water partition coefficient (Wildman–Crippen LogP) is 1.93. The molecule has 0 saturated heterocycles. The molecule has 4 bridgehead atoms. The van der Waals surface area contributed by atoms with Gasteiger partial charge in [-0.3, -0.25) is 4.79 Å². The Morgan fingerprint density at radius 3 is 2.00 bits per heavy atom. The lowest BCUT2D eigenvalue weighted by molar-refractivity contribution is -0.179. The number of alkyl halides is 2.